The Balaban J connectivity index is 3.02. The van der Waals surface area contributed by atoms with Crippen LogP contribution in [0.15, 0.2) is 34.8 Å². The third-order valence-corrected chi connectivity index (χ3v) is 3.86. The Morgan fingerprint density at radius 2 is 1.96 bits per heavy atom. The van der Waals surface area contributed by atoms with Crippen LogP contribution in [0, 0.1) is 0 Å². The van der Waals surface area contributed by atoms with Crippen molar-refractivity contribution >= 4 is 52.4 Å². The summed E-state index contributed by atoms with van der Waals surface area (Å²) < 4.78 is 4.76. The summed E-state index contributed by atoms with van der Waals surface area (Å²) in [6.07, 6.45) is 1.60. The number of hydrogen-bond donors (Lipinski definition) is 1. The van der Waals surface area contributed by atoms with Crippen LogP contribution in [0.2, 0.25) is 5.02 Å². The minimum Gasteiger partial charge on any atom is -0.466 e. The molecule has 1 N–H and O–H groups in total. The highest BCUT2D eigenvalue weighted by molar-refractivity contribution is 8.14. The van der Waals surface area contributed by atoms with Gasteiger partial charge in [-0.05, 0) is 17.7 Å². The smallest absolute Gasteiger partial charge is 0.334 e. The third-order valence-electron chi connectivity index (χ3n) is 2.59. The summed E-state index contributed by atoms with van der Waals surface area (Å²) in [7, 11) is 1.27. The molecule has 6 nitrogen and oxygen atoms in total. The normalized spacial score (nSPS) is 11.8. The second kappa shape index (κ2) is 9.89. The van der Waals surface area contributed by atoms with Gasteiger partial charge in [-0.15, -0.1) is 0 Å². The van der Waals surface area contributed by atoms with Gasteiger partial charge >= 0.3 is 5.97 Å². The SMILES string of the molecule is COC(=O)/C(=C/c1ccccc1Cl)CSC(=NC(C)=O)NC(C)=O. The predicted molar refractivity (Wildman–Crippen MR) is 95.8 cm³/mol. The van der Waals surface area contributed by atoms with E-state index in [0.717, 1.165) is 11.8 Å². The lowest BCUT2D eigenvalue weighted by molar-refractivity contribution is -0.135. The molecule has 0 unspecified atom stereocenters. The van der Waals surface area contributed by atoms with Gasteiger partial charge in [-0.2, -0.15) is 4.99 Å². The number of nitrogens with zero attached hydrogens (tertiary/aromatic N) is 1. The number of amidine groups is 1. The average molecular weight is 369 g/mol. The molecular weight excluding hydrogens is 352 g/mol. The van der Waals surface area contributed by atoms with Crippen molar-refractivity contribution in [2.24, 2.45) is 4.99 Å². The van der Waals surface area contributed by atoms with Gasteiger partial charge < -0.3 is 10.1 Å². The monoisotopic (exact) mass is 368 g/mol. The lowest BCUT2D eigenvalue weighted by Crippen LogP contribution is -2.27. The van der Waals surface area contributed by atoms with Crippen LogP contribution in [-0.4, -0.2) is 35.8 Å². The van der Waals surface area contributed by atoms with E-state index in [1.165, 1.54) is 21.0 Å². The molecule has 0 bridgehead atoms. The number of aliphatic imine (C=N–C) groups is 1. The van der Waals surface area contributed by atoms with E-state index >= 15 is 0 Å². The highest BCUT2D eigenvalue weighted by Gasteiger charge is 2.14. The van der Waals surface area contributed by atoms with Crippen molar-refractivity contribution in [2.75, 3.05) is 12.9 Å². The lowest BCUT2D eigenvalue weighted by Gasteiger charge is -2.08. The van der Waals surface area contributed by atoms with Crippen molar-refractivity contribution < 1.29 is 19.1 Å². The second-order valence-electron chi connectivity index (χ2n) is 4.59. The van der Waals surface area contributed by atoms with Gasteiger partial charge in [-0.1, -0.05) is 41.6 Å². The Labute approximate surface area is 149 Å². The van der Waals surface area contributed by atoms with E-state index in [1.807, 2.05) is 0 Å². The molecule has 0 spiro atoms. The zero-order valence-corrected chi connectivity index (χ0v) is 15.0. The fourth-order valence-electron chi connectivity index (χ4n) is 1.61. The summed E-state index contributed by atoms with van der Waals surface area (Å²) in [5, 5.41) is 3.05. The summed E-state index contributed by atoms with van der Waals surface area (Å²) in [6, 6.07) is 7.03. The Hall–Kier alpha value is -2.12. The topological polar surface area (TPSA) is 84.8 Å². The van der Waals surface area contributed by atoms with E-state index < -0.39 is 11.9 Å². The average Bonchev–Trinajstić information content (AvgIpc) is 2.51. The number of nitrogens with one attached hydrogen (secondary N) is 1. The molecule has 0 aliphatic carbocycles. The quantitative estimate of drug-likeness (QED) is 0.382. The van der Waals surface area contributed by atoms with Crippen molar-refractivity contribution in [1.29, 1.82) is 0 Å². The van der Waals surface area contributed by atoms with Crippen LogP contribution in [0.25, 0.3) is 6.08 Å². The van der Waals surface area contributed by atoms with Gasteiger partial charge in [0, 0.05) is 30.2 Å². The maximum absolute atomic E-state index is 11.9. The molecule has 24 heavy (non-hydrogen) atoms. The van der Waals surface area contributed by atoms with Gasteiger partial charge in [0.2, 0.25) is 11.8 Å². The van der Waals surface area contributed by atoms with Crippen molar-refractivity contribution in [3.63, 3.8) is 0 Å². The highest BCUT2D eigenvalue weighted by Crippen LogP contribution is 2.21. The largest absolute Gasteiger partial charge is 0.466 e. The molecule has 0 aromatic heterocycles. The predicted octanol–water partition coefficient (Wildman–Crippen LogP) is 2.67. The number of carbonyl (C=O) groups is 3. The summed E-state index contributed by atoms with van der Waals surface area (Å²) in [4.78, 5) is 37.9. The Morgan fingerprint density at radius 3 is 2.50 bits per heavy atom. The van der Waals surface area contributed by atoms with E-state index in [2.05, 4.69) is 10.3 Å². The molecule has 128 valence electrons. The summed E-state index contributed by atoms with van der Waals surface area (Å²) in [5.41, 5.74) is 0.974. The molecule has 0 atom stereocenters. The number of halogens is 1. The standard InChI is InChI=1S/C16H17ClN2O4S/c1-10(20)18-16(19-11(2)21)24-9-13(15(22)23-3)8-12-6-4-5-7-14(12)17/h4-8H,9H2,1-3H3,(H,18,19,20,21)/b13-8+. The number of amides is 2. The molecule has 1 aromatic carbocycles. The van der Waals surface area contributed by atoms with Gasteiger partial charge in [-0.25, -0.2) is 4.79 Å². The van der Waals surface area contributed by atoms with E-state index in [-0.39, 0.29) is 16.8 Å². The summed E-state index contributed by atoms with van der Waals surface area (Å²) >= 11 is 7.13. The molecule has 0 aliphatic heterocycles. The first-order valence-corrected chi connectivity index (χ1v) is 8.23. The first kappa shape index (κ1) is 19.9. The number of esters is 1. The molecule has 0 aliphatic rings. The Bertz CT molecular complexity index is 701. The molecule has 2 amide bonds. The number of benzene rings is 1. The fraction of sp³-hybridized carbons (Fsp3) is 0.250. The highest BCUT2D eigenvalue weighted by atomic mass is 35.5. The maximum Gasteiger partial charge on any atom is 0.334 e. The van der Waals surface area contributed by atoms with Crippen LogP contribution in [-0.2, 0) is 19.1 Å². The molecule has 0 saturated heterocycles. The summed E-state index contributed by atoms with van der Waals surface area (Å²) in [6.45, 7) is 2.57. The van der Waals surface area contributed by atoms with Crippen LogP contribution in [0.1, 0.15) is 19.4 Å². The first-order valence-electron chi connectivity index (χ1n) is 6.86. The molecule has 8 heteroatoms. The van der Waals surface area contributed by atoms with E-state index in [1.54, 1.807) is 30.3 Å². The molecular formula is C16H17ClN2O4S. The number of rotatable bonds is 4. The number of hydrogen-bond acceptors (Lipinski definition) is 5. The number of carbonyl (C=O) groups excluding carboxylic acids is 3. The number of thioether (sulfide) groups is 1. The van der Waals surface area contributed by atoms with E-state index in [9.17, 15) is 14.4 Å². The maximum atomic E-state index is 11.9. The molecule has 0 fully saturated rings. The molecule has 0 radical (unpaired) electrons. The second-order valence-corrected chi connectivity index (χ2v) is 5.96. The molecule has 0 saturated carbocycles. The van der Waals surface area contributed by atoms with Crippen LogP contribution in [0.5, 0.6) is 0 Å². The summed E-state index contributed by atoms with van der Waals surface area (Å²) in [5.74, 6) is -1.21. The van der Waals surface area contributed by atoms with Crippen molar-refractivity contribution in [1.82, 2.24) is 5.32 Å². The van der Waals surface area contributed by atoms with Gasteiger partial charge in [-0.3, -0.25) is 9.59 Å². The van der Waals surface area contributed by atoms with E-state index in [4.69, 9.17) is 16.3 Å². The van der Waals surface area contributed by atoms with Crippen molar-refractivity contribution in [3.05, 3.63) is 40.4 Å². The van der Waals surface area contributed by atoms with Crippen LogP contribution >= 0.6 is 23.4 Å². The first-order chi connectivity index (χ1) is 11.3. The molecule has 1 aromatic rings. The van der Waals surface area contributed by atoms with Crippen molar-refractivity contribution in [3.8, 4) is 0 Å². The molecule has 0 heterocycles. The van der Waals surface area contributed by atoms with Crippen LogP contribution < -0.4 is 5.32 Å². The Morgan fingerprint density at radius 1 is 1.29 bits per heavy atom. The minimum atomic E-state index is -0.535. The Kier molecular flexibility index (Phi) is 8.21. The number of ether oxygens (including phenoxy) is 1. The zero-order valence-electron chi connectivity index (χ0n) is 13.5. The van der Waals surface area contributed by atoms with Gasteiger partial charge in [0.1, 0.15) is 0 Å². The lowest BCUT2D eigenvalue weighted by atomic mass is 10.1. The van der Waals surface area contributed by atoms with Gasteiger partial charge in [0.05, 0.1) is 7.11 Å². The minimum absolute atomic E-state index is 0.115. The van der Waals surface area contributed by atoms with Crippen LogP contribution in [0.3, 0.4) is 0 Å². The van der Waals surface area contributed by atoms with Crippen LogP contribution in [0.4, 0.5) is 0 Å². The fourth-order valence-corrected chi connectivity index (χ4v) is 2.70. The molecule has 1 rings (SSSR count). The third kappa shape index (κ3) is 6.97. The zero-order chi connectivity index (χ0) is 18.1. The number of methoxy groups -OCH3 is 1. The van der Waals surface area contributed by atoms with Crippen molar-refractivity contribution in [2.45, 2.75) is 13.8 Å². The van der Waals surface area contributed by atoms with E-state index in [0.29, 0.717) is 16.2 Å². The van der Waals surface area contributed by atoms with Gasteiger partial charge in [0.25, 0.3) is 0 Å². The van der Waals surface area contributed by atoms with Gasteiger partial charge in [0.15, 0.2) is 5.17 Å².